The molecule has 1 aromatic heterocycles. The predicted octanol–water partition coefficient (Wildman–Crippen LogP) is 2.97. The zero-order chi connectivity index (χ0) is 24.7. The normalized spacial score (nSPS) is 20.8. The van der Waals surface area contributed by atoms with Gasteiger partial charge in [-0.25, -0.2) is 9.97 Å². The molecule has 10 heteroatoms. The van der Waals surface area contributed by atoms with Crippen LogP contribution in [0.3, 0.4) is 0 Å². The highest BCUT2D eigenvalue weighted by Gasteiger charge is 2.50. The zero-order valence-corrected chi connectivity index (χ0v) is 20.6. The Labute approximate surface area is 209 Å². The van der Waals surface area contributed by atoms with Crippen molar-refractivity contribution in [1.29, 1.82) is 0 Å². The van der Waals surface area contributed by atoms with Gasteiger partial charge in [0.2, 0.25) is 11.9 Å². The molecular weight excluding hydrogens is 470 g/mol. The van der Waals surface area contributed by atoms with Crippen LogP contribution in [0.4, 0.5) is 5.95 Å². The van der Waals surface area contributed by atoms with E-state index in [4.69, 9.17) is 16.3 Å². The summed E-state index contributed by atoms with van der Waals surface area (Å²) in [6.07, 6.45) is 5.15. The highest BCUT2D eigenvalue weighted by Crippen LogP contribution is 2.41. The highest BCUT2D eigenvalue weighted by molar-refractivity contribution is 6.33. The third-order valence-corrected chi connectivity index (χ3v) is 7.35. The molecule has 3 N–H and O–H groups in total. The zero-order valence-electron chi connectivity index (χ0n) is 19.9. The van der Waals surface area contributed by atoms with Gasteiger partial charge in [0.15, 0.2) is 5.72 Å². The standard InChI is InChI=1S/C25H30ClN5O4/c1-14(32)28-22(15-3-4-15)25(2,34)31-13-17-6-5-16(11-19(17)23(31)33)21-20(26)12-27-24(30-21)29-18-7-9-35-10-8-18/h5-6,11-12,15,18,22,34H,3-4,7-10,13H2,1-2H3,(H,28,32)(H,27,29,30)/t22-,25-/m0/s1. The lowest BCUT2D eigenvalue weighted by Crippen LogP contribution is -2.61. The summed E-state index contributed by atoms with van der Waals surface area (Å²) in [5.74, 6) is 0.128. The summed E-state index contributed by atoms with van der Waals surface area (Å²) in [5, 5.41) is 18.0. The van der Waals surface area contributed by atoms with Crippen molar-refractivity contribution in [2.24, 2.45) is 5.92 Å². The van der Waals surface area contributed by atoms with Crippen molar-refractivity contribution in [3.05, 3.63) is 40.5 Å². The molecule has 9 nitrogen and oxygen atoms in total. The van der Waals surface area contributed by atoms with Crippen molar-refractivity contribution in [2.45, 2.75) is 63.9 Å². The third kappa shape index (κ3) is 4.85. The van der Waals surface area contributed by atoms with Gasteiger partial charge in [0.25, 0.3) is 5.91 Å². The second-order valence-corrected chi connectivity index (χ2v) is 10.2. The van der Waals surface area contributed by atoms with Crippen LogP contribution in [0.1, 0.15) is 55.5 Å². The molecular formula is C25H30ClN5O4. The first-order chi connectivity index (χ1) is 16.7. The number of ether oxygens (including phenoxy) is 1. The molecule has 2 aliphatic heterocycles. The fraction of sp³-hybridized carbons (Fsp3) is 0.520. The molecule has 2 atom stereocenters. The van der Waals surface area contributed by atoms with Crippen molar-refractivity contribution in [3.63, 3.8) is 0 Å². The van der Waals surface area contributed by atoms with Crippen LogP contribution in [0, 0.1) is 5.92 Å². The van der Waals surface area contributed by atoms with Crippen molar-refractivity contribution in [2.75, 3.05) is 18.5 Å². The molecule has 1 aliphatic carbocycles. The maximum Gasteiger partial charge on any atom is 0.256 e. The van der Waals surface area contributed by atoms with Crippen LogP contribution >= 0.6 is 11.6 Å². The van der Waals surface area contributed by atoms with Crippen LogP contribution in [-0.2, 0) is 16.1 Å². The van der Waals surface area contributed by atoms with Gasteiger partial charge in [-0.05, 0) is 50.2 Å². The Morgan fingerprint density at radius 3 is 2.71 bits per heavy atom. The number of hydrogen-bond acceptors (Lipinski definition) is 7. The van der Waals surface area contributed by atoms with E-state index in [9.17, 15) is 14.7 Å². The average molecular weight is 500 g/mol. The van der Waals surface area contributed by atoms with E-state index < -0.39 is 11.8 Å². The molecule has 3 heterocycles. The van der Waals surface area contributed by atoms with E-state index in [0.29, 0.717) is 41.0 Å². The summed E-state index contributed by atoms with van der Waals surface area (Å²) < 4.78 is 5.41. The van der Waals surface area contributed by atoms with Gasteiger partial charge in [-0.2, -0.15) is 0 Å². The Bertz CT molecular complexity index is 1150. The fourth-order valence-corrected chi connectivity index (χ4v) is 5.20. The number of anilines is 1. The van der Waals surface area contributed by atoms with Gasteiger partial charge < -0.3 is 25.4 Å². The second-order valence-electron chi connectivity index (χ2n) is 9.79. The molecule has 0 spiro atoms. The molecule has 186 valence electrons. The first kappa shape index (κ1) is 24.0. The number of fused-ring (bicyclic) bond motifs is 1. The van der Waals surface area contributed by atoms with E-state index in [2.05, 4.69) is 20.6 Å². The van der Waals surface area contributed by atoms with Gasteiger partial charge in [-0.1, -0.05) is 23.7 Å². The number of rotatable bonds is 7. The minimum atomic E-state index is -1.52. The van der Waals surface area contributed by atoms with E-state index >= 15 is 0 Å². The van der Waals surface area contributed by atoms with Crippen molar-refractivity contribution >= 4 is 29.4 Å². The molecule has 0 unspecified atom stereocenters. The van der Waals surface area contributed by atoms with Crippen molar-refractivity contribution < 1.29 is 19.4 Å². The first-order valence-electron chi connectivity index (χ1n) is 12.1. The minimum Gasteiger partial charge on any atom is -0.381 e. The molecule has 1 aromatic carbocycles. The van der Waals surface area contributed by atoms with Gasteiger partial charge in [-0.15, -0.1) is 0 Å². The Balaban J connectivity index is 1.40. The van der Waals surface area contributed by atoms with E-state index in [-0.39, 0.29) is 30.3 Å². The number of nitrogens with zero attached hydrogens (tertiary/aromatic N) is 3. The number of carbonyl (C=O) groups excluding carboxylic acids is 2. The largest absolute Gasteiger partial charge is 0.381 e. The maximum atomic E-state index is 13.4. The summed E-state index contributed by atoms with van der Waals surface area (Å²) >= 11 is 6.45. The van der Waals surface area contributed by atoms with Crippen LogP contribution in [-0.4, -0.2) is 62.8 Å². The van der Waals surface area contributed by atoms with Gasteiger partial charge >= 0.3 is 0 Å². The first-order valence-corrected chi connectivity index (χ1v) is 12.4. The Hall–Kier alpha value is -2.75. The summed E-state index contributed by atoms with van der Waals surface area (Å²) in [6, 6.07) is 5.23. The Morgan fingerprint density at radius 2 is 2.03 bits per heavy atom. The number of nitrogens with one attached hydrogen (secondary N) is 2. The predicted molar refractivity (Wildman–Crippen MR) is 131 cm³/mol. The second kappa shape index (κ2) is 9.37. The van der Waals surface area contributed by atoms with E-state index in [1.165, 1.54) is 11.8 Å². The Morgan fingerprint density at radius 1 is 1.29 bits per heavy atom. The number of carbonyl (C=O) groups is 2. The lowest BCUT2D eigenvalue weighted by Gasteiger charge is -2.40. The van der Waals surface area contributed by atoms with Gasteiger partial charge in [0, 0.05) is 43.9 Å². The maximum absolute atomic E-state index is 13.4. The Kier molecular flexibility index (Phi) is 6.41. The van der Waals surface area contributed by atoms with Crippen LogP contribution in [0.25, 0.3) is 11.3 Å². The molecule has 2 amide bonds. The SMILES string of the molecule is CC(=O)N[C@@H](C1CC1)[C@](C)(O)N1Cc2ccc(-c3nc(NC4CCOCC4)ncc3Cl)cc2C1=O. The molecule has 2 fully saturated rings. The molecule has 0 radical (unpaired) electrons. The summed E-state index contributed by atoms with van der Waals surface area (Å²) in [5.41, 5.74) is 1.01. The quantitative estimate of drug-likeness (QED) is 0.536. The molecule has 5 rings (SSSR count). The molecule has 35 heavy (non-hydrogen) atoms. The topological polar surface area (TPSA) is 117 Å². The highest BCUT2D eigenvalue weighted by atomic mass is 35.5. The summed E-state index contributed by atoms with van der Waals surface area (Å²) in [6.45, 7) is 4.70. The molecule has 0 bridgehead atoms. The monoisotopic (exact) mass is 499 g/mol. The lowest BCUT2D eigenvalue weighted by molar-refractivity contribution is -0.131. The fourth-order valence-electron chi connectivity index (χ4n) is 5.00. The molecule has 2 aromatic rings. The smallest absolute Gasteiger partial charge is 0.256 e. The third-order valence-electron chi connectivity index (χ3n) is 7.07. The molecule has 1 saturated carbocycles. The average Bonchev–Trinajstić information content (AvgIpc) is 3.62. The number of aromatic nitrogens is 2. The van der Waals surface area contributed by atoms with Crippen molar-refractivity contribution in [3.8, 4) is 11.3 Å². The van der Waals surface area contributed by atoms with Gasteiger partial charge in [0.05, 0.1) is 23.0 Å². The molecule has 3 aliphatic rings. The molecule has 1 saturated heterocycles. The van der Waals surface area contributed by atoms with E-state index in [0.717, 1.165) is 31.2 Å². The summed E-state index contributed by atoms with van der Waals surface area (Å²) in [7, 11) is 0. The van der Waals surface area contributed by atoms with Gasteiger partial charge in [-0.3, -0.25) is 9.59 Å². The number of amides is 2. The van der Waals surface area contributed by atoms with E-state index in [1.807, 2.05) is 12.1 Å². The van der Waals surface area contributed by atoms with E-state index in [1.54, 1.807) is 19.2 Å². The number of halogens is 1. The minimum absolute atomic E-state index is 0.155. The van der Waals surface area contributed by atoms with Crippen LogP contribution in [0.15, 0.2) is 24.4 Å². The summed E-state index contributed by atoms with van der Waals surface area (Å²) in [4.78, 5) is 35.6. The van der Waals surface area contributed by atoms with Gasteiger partial charge in [0.1, 0.15) is 0 Å². The van der Waals surface area contributed by atoms with Crippen LogP contribution in [0.5, 0.6) is 0 Å². The number of aliphatic hydroxyl groups is 1. The van der Waals surface area contributed by atoms with Crippen molar-refractivity contribution in [1.82, 2.24) is 20.2 Å². The van der Waals surface area contributed by atoms with Crippen LogP contribution in [0.2, 0.25) is 5.02 Å². The van der Waals surface area contributed by atoms with Crippen LogP contribution < -0.4 is 10.6 Å². The lowest BCUT2D eigenvalue weighted by atomic mass is 9.98. The number of hydrogen-bond donors (Lipinski definition) is 3. The number of benzene rings is 1.